The van der Waals surface area contributed by atoms with Crippen LogP contribution in [-0.4, -0.2) is 48.9 Å². The predicted molar refractivity (Wildman–Crippen MR) is 112 cm³/mol. The quantitative estimate of drug-likeness (QED) is 0.541. The highest BCUT2D eigenvalue weighted by molar-refractivity contribution is 5.76. The molecular weight excluding hydrogens is 372 g/mol. The molecule has 9 nitrogen and oxygen atoms in total. The van der Waals surface area contributed by atoms with Crippen LogP contribution in [0.2, 0.25) is 0 Å². The molecule has 0 unspecified atom stereocenters. The average molecular weight is 396 g/mol. The molecule has 1 aromatic carbocycles. The van der Waals surface area contributed by atoms with E-state index in [1.54, 1.807) is 11.4 Å². The maximum Gasteiger partial charge on any atom is 0.332 e. The lowest BCUT2D eigenvalue weighted by molar-refractivity contribution is 0.277. The van der Waals surface area contributed by atoms with Gasteiger partial charge in [0.25, 0.3) is 5.56 Å². The van der Waals surface area contributed by atoms with E-state index in [2.05, 4.69) is 4.98 Å². The van der Waals surface area contributed by atoms with Crippen molar-refractivity contribution in [2.24, 2.45) is 7.05 Å². The van der Waals surface area contributed by atoms with E-state index in [1.165, 1.54) is 4.57 Å². The zero-order valence-electron chi connectivity index (χ0n) is 17.0. The number of benzene rings is 1. The van der Waals surface area contributed by atoms with Crippen LogP contribution < -0.4 is 16.1 Å². The van der Waals surface area contributed by atoms with Crippen molar-refractivity contribution >= 4 is 22.6 Å². The standard InChI is InChI=1S/C20H24N6O3/c1-13-12-25-16-17(23(4)20(29)24(18(16)28)10-5-11-27)21-19(25)26(13)15-8-6-14(7-9-15)22(2)3/h6-9,12,27H,5,10-11H2,1-4H3. The van der Waals surface area contributed by atoms with E-state index in [9.17, 15) is 9.59 Å². The molecule has 152 valence electrons. The monoisotopic (exact) mass is 396 g/mol. The van der Waals surface area contributed by atoms with Crippen LogP contribution in [-0.2, 0) is 13.6 Å². The Morgan fingerprint density at radius 1 is 1.14 bits per heavy atom. The second-order valence-electron chi connectivity index (χ2n) is 7.35. The highest BCUT2D eigenvalue weighted by Crippen LogP contribution is 2.22. The van der Waals surface area contributed by atoms with Gasteiger partial charge < -0.3 is 10.0 Å². The van der Waals surface area contributed by atoms with E-state index in [0.29, 0.717) is 23.4 Å². The molecule has 0 saturated carbocycles. The van der Waals surface area contributed by atoms with Crippen LogP contribution in [0, 0.1) is 6.92 Å². The largest absolute Gasteiger partial charge is 0.396 e. The van der Waals surface area contributed by atoms with E-state index in [0.717, 1.165) is 21.6 Å². The number of rotatable bonds is 5. The van der Waals surface area contributed by atoms with Gasteiger partial charge >= 0.3 is 5.69 Å². The number of fused-ring (bicyclic) bond motifs is 3. The molecule has 4 aromatic rings. The molecular formula is C20H24N6O3. The number of anilines is 1. The topological polar surface area (TPSA) is 89.7 Å². The van der Waals surface area contributed by atoms with E-state index >= 15 is 0 Å². The van der Waals surface area contributed by atoms with Crippen molar-refractivity contribution in [2.45, 2.75) is 19.9 Å². The van der Waals surface area contributed by atoms with Gasteiger partial charge in [0.15, 0.2) is 11.2 Å². The first-order valence-electron chi connectivity index (χ1n) is 9.43. The molecule has 0 bridgehead atoms. The van der Waals surface area contributed by atoms with Crippen molar-refractivity contribution in [3.8, 4) is 5.69 Å². The fourth-order valence-corrected chi connectivity index (χ4v) is 3.66. The number of aliphatic hydroxyl groups is 1. The third kappa shape index (κ3) is 2.85. The predicted octanol–water partition coefficient (Wildman–Crippen LogP) is 0.895. The van der Waals surface area contributed by atoms with Gasteiger partial charge in [-0.15, -0.1) is 0 Å². The fourth-order valence-electron chi connectivity index (χ4n) is 3.66. The minimum absolute atomic E-state index is 0.0894. The molecule has 1 N–H and O–H groups in total. The molecule has 9 heteroatoms. The van der Waals surface area contributed by atoms with E-state index in [4.69, 9.17) is 5.11 Å². The first-order valence-corrected chi connectivity index (χ1v) is 9.43. The van der Waals surface area contributed by atoms with Gasteiger partial charge in [0.1, 0.15) is 0 Å². The second-order valence-corrected chi connectivity index (χ2v) is 7.35. The smallest absolute Gasteiger partial charge is 0.332 e. The van der Waals surface area contributed by atoms with Crippen LogP contribution in [0.15, 0.2) is 40.1 Å². The third-order valence-corrected chi connectivity index (χ3v) is 5.19. The summed E-state index contributed by atoms with van der Waals surface area (Å²) in [5.41, 5.74) is 2.78. The number of aromatic nitrogens is 5. The number of aryl methyl sites for hydroxylation is 2. The Bertz CT molecular complexity index is 1320. The molecule has 0 fully saturated rings. The lowest BCUT2D eigenvalue weighted by atomic mass is 10.2. The molecule has 0 atom stereocenters. The van der Waals surface area contributed by atoms with Gasteiger partial charge in [-0.05, 0) is 37.6 Å². The maximum atomic E-state index is 13.1. The summed E-state index contributed by atoms with van der Waals surface area (Å²) in [7, 11) is 5.57. The molecule has 0 radical (unpaired) electrons. The molecule has 0 aliphatic heterocycles. The van der Waals surface area contributed by atoms with Crippen LogP contribution in [0.3, 0.4) is 0 Å². The normalized spacial score (nSPS) is 11.6. The summed E-state index contributed by atoms with van der Waals surface area (Å²) in [6.45, 7) is 2.03. The lowest BCUT2D eigenvalue weighted by Gasteiger charge is -2.13. The number of aliphatic hydroxyl groups excluding tert-OH is 1. The van der Waals surface area contributed by atoms with Gasteiger partial charge in [0.05, 0.1) is 0 Å². The summed E-state index contributed by atoms with van der Waals surface area (Å²) in [5, 5.41) is 9.10. The Hall–Kier alpha value is -3.33. The minimum atomic E-state index is -0.435. The summed E-state index contributed by atoms with van der Waals surface area (Å²) in [5.74, 6) is 0.571. The molecule has 3 aromatic heterocycles. The molecule has 0 aliphatic rings. The summed E-state index contributed by atoms with van der Waals surface area (Å²) >= 11 is 0. The number of imidazole rings is 2. The van der Waals surface area contributed by atoms with Gasteiger partial charge in [0.2, 0.25) is 5.78 Å². The van der Waals surface area contributed by atoms with Crippen molar-refractivity contribution in [1.82, 2.24) is 23.1 Å². The Labute approximate surface area is 166 Å². The van der Waals surface area contributed by atoms with E-state index in [1.807, 2.05) is 60.9 Å². The highest BCUT2D eigenvalue weighted by Gasteiger charge is 2.20. The van der Waals surface area contributed by atoms with Gasteiger partial charge in [-0.25, -0.2) is 4.79 Å². The number of hydrogen-bond donors (Lipinski definition) is 1. The average Bonchev–Trinajstić information content (AvgIpc) is 3.21. The third-order valence-electron chi connectivity index (χ3n) is 5.19. The first kappa shape index (κ1) is 19.0. The highest BCUT2D eigenvalue weighted by atomic mass is 16.3. The number of hydrogen-bond acceptors (Lipinski definition) is 5. The summed E-state index contributed by atoms with van der Waals surface area (Å²) in [6.07, 6.45) is 2.19. The van der Waals surface area contributed by atoms with Crippen LogP contribution in [0.5, 0.6) is 0 Å². The SMILES string of the molecule is Cc1cn2c3c(=O)n(CCCO)c(=O)n(C)c3nc2n1-c1ccc(N(C)C)cc1. The Kier molecular flexibility index (Phi) is 4.54. The summed E-state index contributed by atoms with van der Waals surface area (Å²) in [6, 6.07) is 8.04. The van der Waals surface area contributed by atoms with E-state index < -0.39 is 11.2 Å². The van der Waals surface area contributed by atoms with E-state index in [-0.39, 0.29) is 13.2 Å². The number of nitrogens with zero attached hydrogens (tertiary/aromatic N) is 6. The zero-order valence-corrected chi connectivity index (χ0v) is 17.0. The van der Waals surface area contributed by atoms with Crippen LogP contribution in [0.1, 0.15) is 12.1 Å². The molecule has 3 heterocycles. The molecule has 0 aliphatic carbocycles. The first-order chi connectivity index (χ1) is 13.8. The van der Waals surface area contributed by atoms with Gasteiger partial charge in [-0.2, -0.15) is 4.98 Å². The Morgan fingerprint density at radius 3 is 2.45 bits per heavy atom. The minimum Gasteiger partial charge on any atom is -0.396 e. The van der Waals surface area contributed by atoms with Crippen molar-refractivity contribution in [2.75, 3.05) is 25.6 Å². The van der Waals surface area contributed by atoms with Gasteiger partial charge in [-0.1, -0.05) is 0 Å². The molecule has 0 saturated heterocycles. The zero-order chi connectivity index (χ0) is 20.9. The molecule has 29 heavy (non-hydrogen) atoms. The van der Waals surface area contributed by atoms with Crippen LogP contribution in [0.4, 0.5) is 5.69 Å². The Morgan fingerprint density at radius 2 is 1.83 bits per heavy atom. The van der Waals surface area contributed by atoms with Crippen molar-refractivity contribution in [1.29, 1.82) is 0 Å². The fraction of sp³-hybridized carbons (Fsp3) is 0.350. The maximum absolute atomic E-state index is 13.1. The Balaban J connectivity index is 2.00. The molecule has 0 amide bonds. The van der Waals surface area contributed by atoms with Crippen molar-refractivity contribution in [3.63, 3.8) is 0 Å². The van der Waals surface area contributed by atoms with Crippen molar-refractivity contribution in [3.05, 3.63) is 57.0 Å². The summed E-state index contributed by atoms with van der Waals surface area (Å²) < 4.78 is 6.24. The molecule has 4 rings (SSSR count). The van der Waals surface area contributed by atoms with Gasteiger partial charge in [0, 0.05) is 57.6 Å². The van der Waals surface area contributed by atoms with Crippen LogP contribution in [0.25, 0.3) is 22.6 Å². The van der Waals surface area contributed by atoms with Crippen LogP contribution >= 0.6 is 0 Å². The molecule has 0 spiro atoms. The van der Waals surface area contributed by atoms with Gasteiger partial charge in [-0.3, -0.25) is 22.9 Å². The van der Waals surface area contributed by atoms with Crippen molar-refractivity contribution < 1.29 is 5.11 Å². The summed E-state index contributed by atoms with van der Waals surface area (Å²) in [4.78, 5) is 32.3. The second kappa shape index (κ2) is 6.93. The lowest BCUT2D eigenvalue weighted by Crippen LogP contribution is -2.39.